The Morgan fingerprint density at radius 2 is 1.53 bits per heavy atom. The van der Waals surface area contributed by atoms with Crippen LogP contribution in [0.1, 0.15) is 5.56 Å². The first-order valence-electron chi connectivity index (χ1n) is 11.6. The molecule has 0 N–H and O–H groups in total. The molecule has 0 spiro atoms. The van der Waals surface area contributed by atoms with Crippen LogP contribution in [0.5, 0.6) is 0 Å². The molecular formula is C30H26N4. The van der Waals surface area contributed by atoms with E-state index in [0.29, 0.717) is 0 Å². The summed E-state index contributed by atoms with van der Waals surface area (Å²) in [5.41, 5.74) is 7.87. The number of likely N-dealkylation sites (N-methyl/N-ethyl adjacent to an activating group) is 1. The van der Waals surface area contributed by atoms with Gasteiger partial charge in [-0.1, -0.05) is 43.0 Å². The Labute approximate surface area is 199 Å². The van der Waals surface area contributed by atoms with Crippen LogP contribution < -0.4 is 4.90 Å². The summed E-state index contributed by atoms with van der Waals surface area (Å²) < 4.78 is 2.31. The van der Waals surface area contributed by atoms with Crippen molar-refractivity contribution in [3.63, 3.8) is 0 Å². The third-order valence-corrected chi connectivity index (χ3v) is 6.61. The van der Waals surface area contributed by atoms with Crippen LogP contribution >= 0.6 is 0 Å². The Hall–Kier alpha value is -4.31. The van der Waals surface area contributed by atoms with E-state index in [-0.39, 0.29) is 0 Å². The van der Waals surface area contributed by atoms with Crippen LogP contribution in [0, 0.1) is 0 Å². The summed E-state index contributed by atoms with van der Waals surface area (Å²) in [4.78, 5) is 9.09. The minimum atomic E-state index is 0.871. The van der Waals surface area contributed by atoms with Gasteiger partial charge in [-0.3, -0.25) is 4.98 Å². The molecule has 2 aromatic heterocycles. The molecule has 0 saturated heterocycles. The Balaban J connectivity index is 1.70. The lowest BCUT2D eigenvalue weighted by molar-refractivity contribution is 0.466. The predicted molar refractivity (Wildman–Crippen MR) is 143 cm³/mol. The fraction of sp³-hybridized carbons (Fsp3) is 0.100. The van der Waals surface area contributed by atoms with Crippen molar-refractivity contribution in [2.45, 2.75) is 0 Å². The molecule has 0 aliphatic carbocycles. The molecule has 4 nitrogen and oxygen atoms in total. The normalized spacial score (nSPS) is 15.1. The number of hydrogen-bond donors (Lipinski definition) is 0. The van der Waals surface area contributed by atoms with E-state index in [0.717, 1.165) is 40.9 Å². The zero-order chi connectivity index (χ0) is 23.1. The van der Waals surface area contributed by atoms with Gasteiger partial charge in [0.05, 0.1) is 17.2 Å². The van der Waals surface area contributed by atoms with Gasteiger partial charge >= 0.3 is 0 Å². The number of pyridine rings is 1. The predicted octanol–water partition coefficient (Wildman–Crippen LogP) is 6.79. The molecule has 0 saturated carbocycles. The van der Waals surface area contributed by atoms with Crippen LogP contribution in [0.2, 0.25) is 0 Å². The standard InChI is InChI=1S/C30H26N4/c1-22-14-16-32(2)17-18-33(23-9-5-3-6-10-23)28-20-27-25-13-15-31-21-30(25)34(29(27)19-26(22)28)24-11-7-4-8-12-24/h3-16,19-21H,1,17-18H2,2H3/b16-14-. The number of allylic oxidation sites excluding steroid dienone is 2. The maximum atomic E-state index is 4.46. The Morgan fingerprint density at radius 3 is 2.29 bits per heavy atom. The molecule has 6 rings (SSSR count). The smallest absolute Gasteiger partial charge is 0.0724 e. The summed E-state index contributed by atoms with van der Waals surface area (Å²) in [5, 5.41) is 2.41. The maximum absolute atomic E-state index is 4.46. The highest BCUT2D eigenvalue weighted by Gasteiger charge is 2.21. The van der Waals surface area contributed by atoms with E-state index in [1.165, 1.54) is 22.1 Å². The molecule has 166 valence electrons. The second-order valence-electron chi connectivity index (χ2n) is 8.76. The van der Waals surface area contributed by atoms with Gasteiger partial charge in [0.25, 0.3) is 0 Å². The molecule has 3 aromatic carbocycles. The highest BCUT2D eigenvalue weighted by molar-refractivity contribution is 6.11. The van der Waals surface area contributed by atoms with E-state index in [1.54, 1.807) is 0 Å². The number of rotatable bonds is 2. The Morgan fingerprint density at radius 1 is 0.794 bits per heavy atom. The van der Waals surface area contributed by atoms with Crippen molar-refractivity contribution >= 4 is 38.8 Å². The van der Waals surface area contributed by atoms with Crippen LogP contribution in [0.3, 0.4) is 0 Å². The Bertz CT molecular complexity index is 1530. The van der Waals surface area contributed by atoms with Crippen molar-refractivity contribution in [3.8, 4) is 5.69 Å². The molecular weight excluding hydrogens is 416 g/mol. The third-order valence-electron chi connectivity index (χ3n) is 6.61. The highest BCUT2D eigenvalue weighted by Crippen LogP contribution is 2.40. The SMILES string of the molecule is C=C1/C=C\N(C)CCN(c2ccccc2)c2cc3c4ccncc4n(-c4ccccc4)c3cc21. The molecule has 0 amide bonds. The van der Waals surface area contributed by atoms with Crippen LogP contribution in [0.25, 0.3) is 33.1 Å². The minimum absolute atomic E-state index is 0.871. The second-order valence-corrected chi connectivity index (χ2v) is 8.76. The molecule has 0 radical (unpaired) electrons. The zero-order valence-electron chi connectivity index (χ0n) is 19.2. The molecule has 0 fully saturated rings. The van der Waals surface area contributed by atoms with E-state index in [4.69, 9.17) is 0 Å². The fourth-order valence-electron chi connectivity index (χ4n) is 4.87. The number of hydrogen-bond acceptors (Lipinski definition) is 3. The molecule has 1 aliphatic heterocycles. The second kappa shape index (κ2) is 8.23. The summed E-state index contributed by atoms with van der Waals surface area (Å²) in [6.45, 7) is 6.24. The monoisotopic (exact) mass is 442 g/mol. The molecule has 34 heavy (non-hydrogen) atoms. The quantitative estimate of drug-likeness (QED) is 0.301. The maximum Gasteiger partial charge on any atom is 0.0724 e. The number of aromatic nitrogens is 2. The lowest BCUT2D eigenvalue weighted by Gasteiger charge is -2.28. The van der Waals surface area contributed by atoms with E-state index in [9.17, 15) is 0 Å². The summed E-state index contributed by atoms with van der Waals surface area (Å²) in [7, 11) is 2.11. The van der Waals surface area contributed by atoms with Crippen LogP contribution in [-0.2, 0) is 0 Å². The molecule has 0 bridgehead atoms. The van der Waals surface area contributed by atoms with Crippen molar-refractivity contribution in [3.05, 3.63) is 116 Å². The highest BCUT2D eigenvalue weighted by atomic mass is 15.2. The van der Waals surface area contributed by atoms with Gasteiger partial charge in [-0.2, -0.15) is 0 Å². The van der Waals surface area contributed by atoms with Gasteiger partial charge < -0.3 is 14.4 Å². The topological polar surface area (TPSA) is 24.3 Å². The van der Waals surface area contributed by atoms with Crippen molar-refractivity contribution in [1.29, 1.82) is 0 Å². The molecule has 3 heterocycles. The zero-order valence-corrected chi connectivity index (χ0v) is 19.2. The van der Waals surface area contributed by atoms with E-state index in [1.807, 2.05) is 12.4 Å². The minimum Gasteiger partial charge on any atom is -0.379 e. The van der Waals surface area contributed by atoms with Crippen LogP contribution in [0.15, 0.2) is 110 Å². The van der Waals surface area contributed by atoms with Gasteiger partial charge in [-0.25, -0.2) is 0 Å². The largest absolute Gasteiger partial charge is 0.379 e. The lowest BCUT2D eigenvalue weighted by Crippen LogP contribution is -2.27. The van der Waals surface area contributed by atoms with Gasteiger partial charge in [-0.05, 0) is 60.3 Å². The average Bonchev–Trinajstić information content (AvgIpc) is 3.23. The fourth-order valence-corrected chi connectivity index (χ4v) is 4.87. The lowest BCUT2D eigenvalue weighted by atomic mass is 10.0. The number of anilines is 2. The van der Waals surface area contributed by atoms with Crippen LogP contribution in [-0.4, -0.2) is 34.6 Å². The summed E-state index contributed by atoms with van der Waals surface area (Å²) >= 11 is 0. The van der Waals surface area contributed by atoms with Crippen molar-refractivity contribution in [1.82, 2.24) is 14.5 Å². The van der Waals surface area contributed by atoms with E-state index in [2.05, 4.69) is 124 Å². The third kappa shape index (κ3) is 3.35. The first-order valence-corrected chi connectivity index (χ1v) is 11.6. The number of para-hydroxylation sites is 2. The van der Waals surface area contributed by atoms with E-state index < -0.39 is 0 Å². The summed E-state index contributed by atoms with van der Waals surface area (Å²) in [6.07, 6.45) is 8.09. The number of fused-ring (bicyclic) bond motifs is 4. The Kier molecular flexibility index (Phi) is 4.92. The molecule has 5 aromatic rings. The molecule has 4 heteroatoms. The molecule has 0 unspecified atom stereocenters. The van der Waals surface area contributed by atoms with Gasteiger partial charge in [0, 0.05) is 59.7 Å². The average molecular weight is 443 g/mol. The first kappa shape index (κ1) is 20.3. The first-order chi connectivity index (χ1) is 16.7. The van der Waals surface area contributed by atoms with Crippen LogP contribution in [0.4, 0.5) is 11.4 Å². The number of benzene rings is 3. The summed E-state index contributed by atoms with van der Waals surface area (Å²) in [5.74, 6) is 0. The van der Waals surface area contributed by atoms with Crippen molar-refractivity contribution < 1.29 is 0 Å². The van der Waals surface area contributed by atoms with Crippen molar-refractivity contribution in [2.75, 3.05) is 25.0 Å². The number of nitrogens with zero attached hydrogens (tertiary/aromatic N) is 4. The van der Waals surface area contributed by atoms with Gasteiger partial charge in [-0.15, -0.1) is 0 Å². The molecule has 0 atom stereocenters. The van der Waals surface area contributed by atoms with Gasteiger partial charge in [0.2, 0.25) is 0 Å². The van der Waals surface area contributed by atoms with Crippen molar-refractivity contribution in [2.24, 2.45) is 0 Å². The van der Waals surface area contributed by atoms with E-state index >= 15 is 0 Å². The molecule has 1 aliphatic rings. The van der Waals surface area contributed by atoms with Gasteiger partial charge in [0.15, 0.2) is 0 Å². The van der Waals surface area contributed by atoms with Gasteiger partial charge in [0.1, 0.15) is 0 Å². The summed E-state index contributed by atoms with van der Waals surface area (Å²) in [6, 6.07) is 27.9.